The fourth-order valence-corrected chi connectivity index (χ4v) is 1.21. The molecule has 0 atom stereocenters. The maximum Gasteiger partial charge on any atom is 0.172 e. The number of hydrogen-bond donors (Lipinski definition) is 0. The van der Waals surface area contributed by atoms with Gasteiger partial charge in [0.1, 0.15) is 12.4 Å². The molecule has 15 heavy (non-hydrogen) atoms. The van der Waals surface area contributed by atoms with Gasteiger partial charge in [0, 0.05) is 5.92 Å². The molecule has 82 valence electrons. The number of ether oxygens (including phenoxy) is 1. The minimum atomic E-state index is -0.00594. The molecule has 3 heteroatoms. The first-order valence-corrected chi connectivity index (χ1v) is 5.30. The summed E-state index contributed by atoms with van der Waals surface area (Å²) in [6.45, 7) is 5.74. The number of hydrogen-bond acceptors (Lipinski definition) is 2. The fourth-order valence-electron chi connectivity index (χ4n) is 1.04. The maximum absolute atomic E-state index is 11.3. The first-order chi connectivity index (χ1) is 7.00. The molecule has 2 nitrogen and oxygen atoms in total. The van der Waals surface area contributed by atoms with Crippen molar-refractivity contribution in [1.29, 1.82) is 0 Å². The molecule has 1 aromatic carbocycles. The van der Waals surface area contributed by atoms with E-state index in [-0.39, 0.29) is 18.3 Å². The summed E-state index contributed by atoms with van der Waals surface area (Å²) in [4.78, 5) is 11.3. The van der Waals surface area contributed by atoms with Crippen molar-refractivity contribution in [1.82, 2.24) is 0 Å². The molecule has 0 aliphatic carbocycles. The van der Waals surface area contributed by atoms with Gasteiger partial charge in [0.25, 0.3) is 0 Å². The van der Waals surface area contributed by atoms with Crippen LogP contribution in [0.25, 0.3) is 0 Å². The minimum absolute atomic E-state index is 0.00594. The van der Waals surface area contributed by atoms with Crippen LogP contribution in [0.1, 0.15) is 19.4 Å². The third kappa shape index (κ3) is 3.56. The average Bonchev–Trinajstić information content (AvgIpc) is 2.18. The van der Waals surface area contributed by atoms with Crippen LogP contribution in [0.5, 0.6) is 5.75 Å². The van der Waals surface area contributed by atoms with Crippen LogP contribution in [0.3, 0.4) is 0 Å². The van der Waals surface area contributed by atoms with Gasteiger partial charge in [-0.2, -0.15) is 0 Å². The molecule has 0 amide bonds. The summed E-state index contributed by atoms with van der Waals surface area (Å²) in [6, 6.07) is 5.50. The van der Waals surface area contributed by atoms with Crippen LogP contribution in [-0.2, 0) is 4.79 Å². The summed E-state index contributed by atoms with van der Waals surface area (Å²) in [7, 11) is 0. The monoisotopic (exact) mass is 226 g/mol. The molecule has 0 aliphatic rings. The Kier molecular flexibility index (Phi) is 4.15. The molecule has 0 spiro atoms. The van der Waals surface area contributed by atoms with Gasteiger partial charge in [-0.3, -0.25) is 4.79 Å². The molecule has 0 saturated heterocycles. The molecule has 0 fully saturated rings. The zero-order chi connectivity index (χ0) is 11.4. The van der Waals surface area contributed by atoms with Gasteiger partial charge in [-0.15, -0.1) is 0 Å². The molecule has 0 aromatic heterocycles. The Morgan fingerprint density at radius 3 is 2.73 bits per heavy atom. The minimum Gasteiger partial charge on any atom is -0.484 e. The van der Waals surface area contributed by atoms with Crippen molar-refractivity contribution in [2.75, 3.05) is 6.61 Å². The lowest BCUT2D eigenvalue weighted by Gasteiger charge is -2.09. The molecule has 0 aliphatic heterocycles. The van der Waals surface area contributed by atoms with E-state index < -0.39 is 0 Å². The zero-order valence-electron chi connectivity index (χ0n) is 9.21. The van der Waals surface area contributed by atoms with Crippen LogP contribution >= 0.6 is 11.6 Å². The second-order valence-corrected chi connectivity index (χ2v) is 4.25. The number of Topliss-reactive ketones (excluding diaryl/α,β-unsaturated/α-hetero) is 1. The predicted octanol–water partition coefficient (Wildman–Crippen LogP) is 3.25. The Hall–Kier alpha value is -1.02. The third-order valence-electron chi connectivity index (χ3n) is 2.10. The molecule has 1 aromatic rings. The lowest BCUT2D eigenvalue weighted by atomic mass is 10.1. The van der Waals surface area contributed by atoms with E-state index in [4.69, 9.17) is 16.3 Å². The molecular formula is C12H15ClO2. The first kappa shape index (κ1) is 12.1. The SMILES string of the molecule is Cc1ccc(Cl)c(OCC(=O)C(C)C)c1. The standard InChI is InChI=1S/C12H15ClO2/c1-8(2)11(14)7-15-12-6-9(3)4-5-10(12)13/h4-6,8H,7H2,1-3H3. The van der Waals surface area contributed by atoms with Crippen molar-refractivity contribution >= 4 is 17.4 Å². The van der Waals surface area contributed by atoms with E-state index in [1.165, 1.54) is 0 Å². The average molecular weight is 227 g/mol. The molecule has 1 rings (SSSR count). The Balaban J connectivity index is 2.65. The Bertz CT molecular complexity index is 359. The highest BCUT2D eigenvalue weighted by Gasteiger charge is 2.09. The summed E-state index contributed by atoms with van der Waals surface area (Å²) in [5.41, 5.74) is 1.06. The highest BCUT2D eigenvalue weighted by atomic mass is 35.5. The summed E-state index contributed by atoms with van der Waals surface area (Å²) in [6.07, 6.45) is 0. The van der Waals surface area contributed by atoms with Crippen LogP contribution in [0.15, 0.2) is 18.2 Å². The molecule has 0 N–H and O–H groups in total. The van der Waals surface area contributed by atoms with E-state index in [0.717, 1.165) is 5.56 Å². The highest BCUT2D eigenvalue weighted by molar-refractivity contribution is 6.32. The van der Waals surface area contributed by atoms with E-state index in [0.29, 0.717) is 10.8 Å². The normalized spacial score (nSPS) is 10.5. The van der Waals surface area contributed by atoms with E-state index in [2.05, 4.69) is 0 Å². The van der Waals surface area contributed by atoms with Gasteiger partial charge in [-0.05, 0) is 24.6 Å². The van der Waals surface area contributed by atoms with Crippen molar-refractivity contribution < 1.29 is 9.53 Å². The summed E-state index contributed by atoms with van der Waals surface area (Å²) in [5.74, 6) is 0.645. The van der Waals surface area contributed by atoms with Gasteiger partial charge in [-0.1, -0.05) is 31.5 Å². The van der Waals surface area contributed by atoms with Gasteiger partial charge in [0.05, 0.1) is 5.02 Å². The second-order valence-electron chi connectivity index (χ2n) is 3.84. The Morgan fingerprint density at radius 1 is 1.47 bits per heavy atom. The largest absolute Gasteiger partial charge is 0.484 e. The van der Waals surface area contributed by atoms with Gasteiger partial charge in [0.15, 0.2) is 5.78 Å². The second kappa shape index (κ2) is 5.17. The quantitative estimate of drug-likeness (QED) is 0.788. The molecule has 0 radical (unpaired) electrons. The lowest BCUT2D eigenvalue weighted by Crippen LogP contribution is -2.16. The molecule has 0 unspecified atom stereocenters. The summed E-state index contributed by atoms with van der Waals surface area (Å²) < 4.78 is 5.36. The van der Waals surface area contributed by atoms with Gasteiger partial charge < -0.3 is 4.74 Å². The predicted molar refractivity (Wildman–Crippen MR) is 61.5 cm³/mol. The topological polar surface area (TPSA) is 26.3 Å². The number of carbonyl (C=O) groups is 1. The molecule has 0 heterocycles. The smallest absolute Gasteiger partial charge is 0.172 e. The van der Waals surface area contributed by atoms with Crippen molar-refractivity contribution in [3.63, 3.8) is 0 Å². The van der Waals surface area contributed by atoms with Crippen molar-refractivity contribution in [2.45, 2.75) is 20.8 Å². The van der Waals surface area contributed by atoms with Crippen molar-refractivity contribution in [3.05, 3.63) is 28.8 Å². The molecule has 0 bridgehead atoms. The number of carbonyl (C=O) groups excluding carboxylic acids is 1. The van der Waals surface area contributed by atoms with Crippen LogP contribution in [-0.4, -0.2) is 12.4 Å². The molecular weight excluding hydrogens is 212 g/mol. The Morgan fingerprint density at radius 2 is 2.13 bits per heavy atom. The van der Waals surface area contributed by atoms with E-state index >= 15 is 0 Å². The van der Waals surface area contributed by atoms with Crippen LogP contribution in [0, 0.1) is 12.8 Å². The Labute approximate surface area is 95.2 Å². The highest BCUT2D eigenvalue weighted by Crippen LogP contribution is 2.25. The fraction of sp³-hybridized carbons (Fsp3) is 0.417. The van der Waals surface area contributed by atoms with Gasteiger partial charge >= 0.3 is 0 Å². The first-order valence-electron chi connectivity index (χ1n) is 4.92. The van der Waals surface area contributed by atoms with Crippen molar-refractivity contribution in [3.8, 4) is 5.75 Å². The zero-order valence-corrected chi connectivity index (χ0v) is 9.97. The summed E-state index contributed by atoms with van der Waals surface area (Å²) >= 11 is 5.92. The lowest BCUT2D eigenvalue weighted by molar-refractivity contribution is -0.123. The number of ketones is 1. The van der Waals surface area contributed by atoms with E-state index in [1.54, 1.807) is 6.07 Å². The summed E-state index contributed by atoms with van der Waals surface area (Å²) in [5, 5.41) is 0.539. The van der Waals surface area contributed by atoms with Gasteiger partial charge in [-0.25, -0.2) is 0 Å². The van der Waals surface area contributed by atoms with Crippen LogP contribution < -0.4 is 4.74 Å². The van der Waals surface area contributed by atoms with Gasteiger partial charge in [0.2, 0.25) is 0 Å². The molecule has 0 saturated carbocycles. The number of benzene rings is 1. The number of rotatable bonds is 4. The number of halogens is 1. The third-order valence-corrected chi connectivity index (χ3v) is 2.41. The van der Waals surface area contributed by atoms with Crippen LogP contribution in [0.2, 0.25) is 5.02 Å². The van der Waals surface area contributed by atoms with E-state index in [1.807, 2.05) is 32.9 Å². The maximum atomic E-state index is 11.3. The van der Waals surface area contributed by atoms with Crippen molar-refractivity contribution in [2.24, 2.45) is 5.92 Å². The number of aryl methyl sites for hydroxylation is 1. The van der Waals surface area contributed by atoms with E-state index in [9.17, 15) is 4.79 Å². The van der Waals surface area contributed by atoms with Crippen LogP contribution in [0.4, 0.5) is 0 Å².